The molecule has 0 spiro atoms. The van der Waals surface area contributed by atoms with Gasteiger partial charge in [0, 0.05) is 32.5 Å². The van der Waals surface area contributed by atoms with Crippen molar-refractivity contribution in [1.82, 2.24) is 15.1 Å². The summed E-state index contributed by atoms with van der Waals surface area (Å²) in [6, 6.07) is 2.96. The minimum atomic E-state index is 0.396. The van der Waals surface area contributed by atoms with Gasteiger partial charge in [-0.1, -0.05) is 13.8 Å². The number of hydrogen-bond acceptors (Lipinski definition) is 3. The van der Waals surface area contributed by atoms with Crippen LogP contribution in [-0.2, 0) is 11.3 Å². The van der Waals surface area contributed by atoms with Crippen molar-refractivity contribution in [2.24, 2.45) is 0 Å². The Morgan fingerprint density at radius 2 is 2.19 bits per heavy atom. The molecule has 0 fully saturated rings. The van der Waals surface area contributed by atoms with Crippen molar-refractivity contribution in [3.05, 3.63) is 18.0 Å². The molecule has 0 bridgehead atoms. The standard InChI is InChI=1S/C12H23N3O/c1-10(2)13-9-12-5-7-15(14-12)11(3)6-8-16-4/h5,7,10-11,13H,6,8-9H2,1-4H3. The summed E-state index contributed by atoms with van der Waals surface area (Å²) in [5, 5.41) is 7.89. The molecule has 1 N–H and O–H groups in total. The van der Waals surface area contributed by atoms with Crippen molar-refractivity contribution < 1.29 is 4.74 Å². The molecule has 0 aliphatic carbocycles. The molecule has 1 aromatic rings. The molecule has 1 aromatic heterocycles. The number of rotatable bonds is 7. The van der Waals surface area contributed by atoms with Gasteiger partial charge in [0.1, 0.15) is 0 Å². The molecule has 1 heterocycles. The Hall–Kier alpha value is -0.870. The Morgan fingerprint density at radius 3 is 2.81 bits per heavy atom. The Bertz CT molecular complexity index is 296. The fraction of sp³-hybridized carbons (Fsp3) is 0.750. The molecule has 0 saturated heterocycles. The van der Waals surface area contributed by atoms with Gasteiger partial charge in [-0.2, -0.15) is 5.10 Å². The van der Waals surface area contributed by atoms with Crippen molar-refractivity contribution >= 4 is 0 Å². The largest absolute Gasteiger partial charge is 0.385 e. The van der Waals surface area contributed by atoms with E-state index in [-0.39, 0.29) is 0 Å². The summed E-state index contributed by atoms with van der Waals surface area (Å²) in [6.07, 6.45) is 3.03. The van der Waals surface area contributed by atoms with Crippen LogP contribution in [0.15, 0.2) is 12.3 Å². The van der Waals surface area contributed by atoms with Gasteiger partial charge >= 0.3 is 0 Å². The zero-order valence-electron chi connectivity index (χ0n) is 10.7. The highest BCUT2D eigenvalue weighted by Crippen LogP contribution is 2.10. The molecular formula is C12H23N3O. The monoisotopic (exact) mass is 225 g/mol. The van der Waals surface area contributed by atoms with Gasteiger partial charge in [-0.05, 0) is 19.4 Å². The molecule has 0 aliphatic rings. The first-order valence-electron chi connectivity index (χ1n) is 5.90. The van der Waals surface area contributed by atoms with Crippen molar-refractivity contribution in [2.75, 3.05) is 13.7 Å². The van der Waals surface area contributed by atoms with Gasteiger partial charge in [0.2, 0.25) is 0 Å². The van der Waals surface area contributed by atoms with Gasteiger partial charge in [-0.3, -0.25) is 4.68 Å². The van der Waals surface area contributed by atoms with E-state index in [4.69, 9.17) is 4.74 Å². The summed E-state index contributed by atoms with van der Waals surface area (Å²) in [5.74, 6) is 0. The van der Waals surface area contributed by atoms with Crippen LogP contribution in [-0.4, -0.2) is 29.5 Å². The predicted octanol–water partition coefficient (Wildman–Crippen LogP) is 1.98. The molecule has 0 saturated carbocycles. The third kappa shape index (κ3) is 4.33. The predicted molar refractivity (Wildman–Crippen MR) is 65.4 cm³/mol. The maximum absolute atomic E-state index is 5.07. The van der Waals surface area contributed by atoms with E-state index < -0.39 is 0 Å². The third-order valence-electron chi connectivity index (χ3n) is 2.55. The molecule has 1 rings (SSSR count). The van der Waals surface area contributed by atoms with Crippen molar-refractivity contribution in [2.45, 2.75) is 45.8 Å². The molecule has 1 atom stereocenters. The van der Waals surface area contributed by atoms with E-state index >= 15 is 0 Å². The number of nitrogens with zero attached hydrogens (tertiary/aromatic N) is 2. The summed E-state index contributed by atoms with van der Waals surface area (Å²) < 4.78 is 7.08. The van der Waals surface area contributed by atoms with E-state index in [0.717, 1.165) is 25.3 Å². The first-order valence-corrected chi connectivity index (χ1v) is 5.90. The zero-order valence-corrected chi connectivity index (χ0v) is 10.7. The van der Waals surface area contributed by atoms with Crippen LogP contribution in [0, 0.1) is 0 Å². The SMILES string of the molecule is COCCC(C)n1ccc(CNC(C)C)n1. The maximum Gasteiger partial charge on any atom is 0.0762 e. The smallest absolute Gasteiger partial charge is 0.0762 e. The average Bonchev–Trinajstić information content (AvgIpc) is 2.71. The van der Waals surface area contributed by atoms with Gasteiger partial charge in [0.05, 0.1) is 11.7 Å². The molecule has 4 nitrogen and oxygen atoms in total. The second-order valence-corrected chi connectivity index (χ2v) is 4.45. The average molecular weight is 225 g/mol. The first-order chi connectivity index (χ1) is 7.63. The highest BCUT2D eigenvalue weighted by molar-refractivity contribution is 4.99. The van der Waals surface area contributed by atoms with E-state index in [1.807, 2.05) is 10.9 Å². The van der Waals surface area contributed by atoms with E-state index in [1.165, 1.54) is 0 Å². The minimum absolute atomic E-state index is 0.396. The zero-order chi connectivity index (χ0) is 12.0. The lowest BCUT2D eigenvalue weighted by Gasteiger charge is -2.11. The number of nitrogens with one attached hydrogen (secondary N) is 1. The second-order valence-electron chi connectivity index (χ2n) is 4.45. The van der Waals surface area contributed by atoms with Gasteiger partial charge in [-0.25, -0.2) is 0 Å². The fourth-order valence-electron chi connectivity index (χ4n) is 1.45. The molecular weight excluding hydrogens is 202 g/mol. The summed E-state index contributed by atoms with van der Waals surface area (Å²) >= 11 is 0. The maximum atomic E-state index is 5.07. The Kier molecular flexibility index (Phi) is 5.49. The Labute approximate surface area is 98.0 Å². The second kappa shape index (κ2) is 6.66. The molecule has 92 valence electrons. The molecule has 16 heavy (non-hydrogen) atoms. The van der Waals surface area contributed by atoms with Crippen molar-refractivity contribution in [3.63, 3.8) is 0 Å². The van der Waals surface area contributed by atoms with Crippen LogP contribution in [0.2, 0.25) is 0 Å². The van der Waals surface area contributed by atoms with Crippen molar-refractivity contribution in [1.29, 1.82) is 0 Å². The molecule has 1 unspecified atom stereocenters. The normalized spacial score (nSPS) is 13.3. The van der Waals surface area contributed by atoms with Crippen LogP contribution in [0.3, 0.4) is 0 Å². The van der Waals surface area contributed by atoms with Crippen LogP contribution in [0.5, 0.6) is 0 Å². The van der Waals surface area contributed by atoms with E-state index in [9.17, 15) is 0 Å². The lowest BCUT2D eigenvalue weighted by molar-refractivity contribution is 0.178. The van der Waals surface area contributed by atoms with Crippen LogP contribution < -0.4 is 5.32 Å². The van der Waals surface area contributed by atoms with E-state index in [0.29, 0.717) is 12.1 Å². The number of ether oxygens (including phenoxy) is 1. The molecule has 0 amide bonds. The summed E-state index contributed by atoms with van der Waals surface area (Å²) in [7, 11) is 1.73. The van der Waals surface area contributed by atoms with Crippen molar-refractivity contribution in [3.8, 4) is 0 Å². The summed E-state index contributed by atoms with van der Waals surface area (Å²) in [6.45, 7) is 8.05. The molecule has 0 aromatic carbocycles. The van der Waals surface area contributed by atoms with E-state index in [1.54, 1.807) is 7.11 Å². The molecule has 4 heteroatoms. The third-order valence-corrected chi connectivity index (χ3v) is 2.55. The highest BCUT2D eigenvalue weighted by atomic mass is 16.5. The van der Waals surface area contributed by atoms with Gasteiger partial charge < -0.3 is 10.1 Å². The lowest BCUT2D eigenvalue weighted by atomic mass is 10.2. The minimum Gasteiger partial charge on any atom is -0.385 e. The topological polar surface area (TPSA) is 39.1 Å². The van der Waals surface area contributed by atoms with Crippen LogP contribution in [0.4, 0.5) is 0 Å². The van der Waals surface area contributed by atoms with E-state index in [2.05, 4.69) is 37.3 Å². The first kappa shape index (κ1) is 13.2. The summed E-state index contributed by atoms with van der Waals surface area (Å²) in [4.78, 5) is 0. The van der Waals surface area contributed by atoms with Gasteiger partial charge in [0.25, 0.3) is 0 Å². The highest BCUT2D eigenvalue weighted by Gasteiger charge is 2.06. The molecule has 0 radical (unpaired) electrons. The summed E-state index contributed by atoms with van der Waals surface area (Å²) in [5.41, 5.74) is 1.10. The Morgan fingerprint density at radius 1 is 1.44 bits per heavy atom. The number of methoxy groups -OCH3 is 1. The quantitative estimate of drug-likeness (QED) is 0.771. The van der Waals surface area contributed by atoms with Gasteiger partial charge in [-0.15, -0.1) is 0 Å². The van der Waals surface area contributed by atoms with Gasteiger partial charge in [0.15, 0.2) is 0 Å². The number of hydrogen-bond donors (Lipinski definition) is 1. The lowest BCUT2D eigenvalue weighted by Crippen LogP contribution is -2.22. The number of aromatic nitrogens is 2. The molecule has 0 aliphatic heterocycles. The van der Waals surface area contributed by atoms with Crippen LogP contribution >= 0.6 is 0 Å². The fourth-order valence-corrected chi connectivity index (χ4v) is 1.45. The van der Waals surface area contributed by atoms with Crippen LogP contribution in [0.1, 0.15) is 38.9 Å². The van der Waals surface area contributed by atoms with Crippen LogP contribution in [0.25, 0.3) is 0 Å². The Balaban J connectivity index is 2.43.